The molecule has 2 nitrogen and oxygen atoms in total. The molecule has 3 heteroatoms. The first-order chi connectivity index (χ1) is 9.90. The van der Waals surface area contributed by atoms with E-state index in [2.05, 4.69) is 32.2 Å². The second-order valence-corrected chi connectivity index (χ2v) is 7.24. The van der Waals surface area contributed by atoms with E-state index in [0.29, 0.717) is 11.3 Å². The molecule has 2 rings (SSSR count). The minimum Gasteiger partial charge on any atom is -0.370 e. The first-order valence-electron chi connectivity index (χ1n) is 7.82. The molecule has 1 aromatic carbocycles. The molecule has 0 spiro atoms. The van der Waals surface area contributed by atoms with Crippen molar-refractivity contribution in [3.8, 4) is 6.07 Å². The van der Waals surface area contributed by atoms with Gasteiger partial charge in [-0.1, -0.05) is 20.8 Å². The fourth-order valence-corrected chi connectivity index (χ4v) is 3.30. The van der Waals surface area contributed by atoms with Crippen molar-refractivity contribution in [2.45, 2.75) is 52.5 Å². The van der Waals surface area contributed by atoms with Gasteiger partial charge in [-0.25, -0.2) is 4.39 Å². The SMILES string of the molecule is CC(C)(C)C1CCC(C(C#N)Nc2ccc(F)cc2)CC1. The van der Waals surface area contributed by atoms with Crippen LogP contribution in [-0.4, -0.2) is 6.04 Å². The summed E-state index contributed by atoms with van der Waals surface area (Å²) in [4.78, 5) is 0. The van der Waals surface area contributed by atoms with Gasteiger partial charge in [0.15, 0.2) is 0 Å². The second kappa shape index (κ2) is 6.47. The quantitative estimate of drug-likeness (QED) is 0.851. The van der Waals surface area contributed by atoms with Gasteiger partial charge in [0.1, 0.15) is 11.9 Å². The van der Waals surface area contributed by atoms with Crippen LogP contribution in [0.4, 0.5) is 10.1 Å². The van der Waals surface area contributed by atoms with Crippen LogP contribution in [-0.2, 0) is 0 Å². The molecule has 1 fully saturated rings. The van der Waals surface area contributed by atoms with Gasteiger partial charge in [0.2, 0.25) is 0 Å². The van der Waals surface area contributed by atoms with Crippen molar-refractivity contribution in [2.75, 3.05) is 5.32 Å². The van der Waals surface area contributed by atoms with Gasteiger partial charge in [0.25, 0.3) is 0 Å². The van der Waals surface area contributed by atoms with Gasteiger partial charge in [0.05, 0.1) is 6.07 Å². The third-order valence-electron chi connectivity index (χ3n) is 4.77. The molecule has 1 aliphatic rings. The highest BCUT2D eigenvalue weighted by Crippen LogP contribution is 2.41. The number of nitriles is 1. The normalized spacial score (nSPS) is 24.1. The molecule has 0 radical (unpaired) electrons. The lowest BCUT2D eigenvalue weighted by Crippen LogP contribution is -2.34. The van der Waals surface area contributed by atoms with Crippen molar-refractivity contribution in [2.24, 2.45) is 17.3 Å². The molecule has 0 heterocycles. The molecule has 114 valence electrons. The zero-order valence-corrected chi connectivity index (χ0v) is 13.2. The highest BCUT2D eigenvalue weighted by atomic mass is 19.1. The van der Waals surface area contributed by atoms with E-state index in [4.69, 9.17) is 0 Å². The van der Waals surface area contributed by atoms with Gasteiger partial charge >= 0.3 is 0 Å². The van der Waals surface area contributed by atoms with Crippen LogP contribution in [0, 0.1) is 34.4 Å². The number of nitrogens with zero attached hydrogens (tertiary/aromatic N) is 1. The molecular formula is C18H25FN2. The molecule has 1 unspecified atom stereocenters. The van der Waals surface area contributed by atoms with Crippen LogP contribution in [0.2, 0.25) is 0 Å². The topological polar surface area (TPSA) is 35.8 Å². The Labute approximate surface area is 127 Å². The van der Waals surface area contributed by atoms with E-state index in [1.54, 1.807) is 12.1 Å². The van der Waals surface area contributed by atoms with E-state index in [9.17, 15) is 9.65 Å². The maximum Gasteiger partial charge on any atom is 0.123 e. The van der Waals surface area contributed by atoms with Gasteiger partial charge in [-0.15, -0.1) is 0 Å². The van der Waals surface area contributed by atoms with Crippen LogP contribution in [0.15, 0.2) is 24.3 Å². The average molecular weight is 288 g/mol. The molecule has 21 heavy (non-hydrogen) atoms. The van der Waals surface area contributed by atoms with E-state index in [1.165, 1.54) is 25.0 Å². The first kappa shape index (κ1) is 15.8. The Bertz CT molecular complexity index is 487. The van der Waals surface area contributed by atoms with E-state index >= 15 is 0 Å². The Kier molecular flexibility index (Phi) is 4.88. The number of rotatable bonds is 3. The fraction of sp³-hybridized carbons (Fsp3) is 0.611. The van der Waals surface area contributed by atoms with Crippen LogP contribution in [0.1, 0.15) is 46.5 Å². The molecule has 0 bridgehead atoms. The number of halogens is 1. The zero-order chi connectivity index (χ0) is 15.5. The van der Waals surface area contributed by atoms with Crippen LogP contribution in [0.25, 0.3) is 0 Å². The fourth-order valence-electron chi connectivity index (χ4n) is 3.30. The summed E-state index contributed by atoms with van der Waals surface area (Å²) in [6, 6.07) is 8.44. The van der Waals surface area contributed by atoms with Crippen molar-refractivity contribution >= 4 is 5.69 Å². The van der Waals surface area contributed by atoms with Crippen LogP contribution >= 0.6 is 0 Å². The highest BCUT2D eigenvalue weighted by Gasteiger charge is 2.32. The smallest absolute Gasteiger partial charge is 0.123 e. The number of anilines is 1. The summed E-state index contributed by atoms with van der Waals surface area (Å²) in [7, 11) is 0. The molecule has 1 N–H and O–H groups in total. The molecule has 1 aliphatic carbocycles. The minimum absolute atomic E-state index is 0.184. The standard InChI is InChI=1S/C18H25FN2/c1-18(2,3)14-6-4-13(5-7-14)17(12-20)21-16-10-8-15(19)9-11-16/h8-11,13-14,17,21H,4-7H2,1-3H3. The van der Waals surface area contributed by atoms with Gasteiger partial charge in [-0.3, -0.25) is 0 Å². The largest absolute Gasteiger partial charge is 0.370 e. The Hall–Kier alpha value is -1.56. The predicted octanol–water partition coefficient (Wildman–Crippen LogP) is 4.98. The summed E-state index contributed by atoms with van der Waals surface area (Å²) in [6.45, 7) is 6.91. The Morgan fingerprint density at radius 1 is 1.14 bits per heavy atom. The van der Waals surface area contributed by atoms with Crippen molar-refractivity contribution in [3.63, 3.8) is 0 Å². The predicted molar refractivity (Wildman–Crippen MR) is 84.3 cm³/mol. The summed E-state index contributed by atoms with van der Waals surface area (Å²) in [5, 5.41) is 12.7. The van der Waals surface area contributed by atoms with Gasteiger partial charge in [-0.05, 0) is 67.2 Å². The van der Waals surface area contributed by atoms with Crippen LogP contribution < -0.4 is 5.32 Å². The molecule has 1 saturated carbocycles. The third-order valence-corrected chi connectivity index (χ3v) is 4.77. The van der Waals surface area contributed by atoms with E-state index in [0.717, 1.165) is 24.4 Å². The van der Waals surface area contributed by atoms with Gasteiger partial charge in [-0.2, -0.15) is 5.26 Å². The maximum absolute atomic E-state index is 12.9. The van der Waals surface area contributed by atoms with Crippen molar-refractivity contribution in [1.29, 1.82) is 5.26 Å². The monoisotopic (exact) mass is 288 g/mol. The number of nitrogens with one attached hydrogen (secondary N) is 1. The van der Waals surface area contributed by atoms with Crippen molar-refractivity contribution in [3.05, 3.63) is 30.1 Å². The minimum atomic E-state index is -0.250. The van der Waals surface area contributed by atoms with E-state index in [-0.39, 0.29) is 11.9 Å². The van der Waals surface area contributed by atoms with Crippen LogP contribution in [0.5, 0.6) is 0 Å². The van der Waals surface area contributed by atoms with Crippen molar-refractivity contribution in [1.82, 2.24) is 0 Å². The molecule has 1 aromatic rings. The first-order valence-corrected chi connectivity index (χ1v) is 7.82. The summed E-state index contributed by atoms with van der Waals surface area (Å²) in [5.41, 5.74) is 1.18. The van der Waals surface area contributed by atoms with E-state index in [1.807, 2.05) is 0 Å². The Balaban J connectivity index is 1.94. The average Bonchev–Trinajstić information content (AvgIpc) is 2.46. The summed E-state index contributed by atoms with van der Waals surface area (Å²) < 4.78 is 12.9. The van der Waals surface area contributed by atoms with E-state index < -0.39 is 0 Å². The third kappa shape index (κ3) is 4.20. The van der Waals surface area contributed by atoms with Crippen molar-refractivity contribution < 1.29 is 4.39 Å². The lowest BCUT2D eigenvalue weighted by molar-refractivity contribution is 0.148. The summed E-state index contributed by atoms with van der Waals surface area (Å²) in [5.74, 6) is 0.886. The zero-order valence-electron chi connectivity index (χ0n) is 13.2. The molecule has 0 amide bonds. The van der Waals surface area contributed by atoms with Gasteiger partial charge < -0.3 is 5.32 Å². The Morgan fingerprint density at radius 3 is 2.19 bits per heavy atom. The second-order valence-electron chi connectivity index (χ2n) is 7.24. The maximum atomic E-state index is 12.9. The molecule has 0 saturated heterocycles. The molecule has 0 aromatic heterocycles. The molecule has 0 aliphatic heterocycles. The number of benzene rings is 1. The lowest BCUT2D eigenvalue weighted by Gasteiger charge is -2.38. The Morgan fingerprint density at radius 2 is 1.71 bits per heavy atom. The molecule has 1 atom stereocenters. The molecular weight excluding hydrogens is 263 g/mol. The number of hydrogen-bond acceptors (Lipinski definition) is 2. The summed E-state index contributed by atoms with van der Waals surface area (Å²) >= 11 is 0. The summed E-state index contributed by atoms with van der Waals surface area (Å²) in [6.07, 6.45) is 4.57. The van der Waals surface area contributed by atoms with Crippen LogP contribution in [0.3, 0.4) is 0 Å². The highest BCUT2D eigenvalue weighted by molar-refractivity contribution is 5.45. The van der Waals surface area contributed by atoms with Gasteiger partial charge in [0, 0.05) is 5.69 Å². The lowest BCUT2D eigenvalue weighted by atomic mass is 9.68. The number of hydrogen-bond donors (Lipinski definition) is 1.